The second-order valence-electron chi connectivity index (χ2n) is 5.75. The smallest absolute Gasteiger partial charge is 0.315 e. The number of rotatable bonds is 5. The van der Waals surface area contributed by atoms with Gasteiger partial charge in [0.05, 0.1) is 16.1 Å². The molecule has 8 heteroatoms. The maximum atomic E-state index is 11.9. The molecule has 1 aromatic carbocycles. The summed E-state index contributed by atoms with van der Waals surface area (Å²) in [6.45, 7) is 2.99. The maximum absolute atomic E-state index is 11.9. The average molecular weight is 399 g/mol. The summed E-state index contributed by atoms with van der Waals surface area (Å²) in [5.41, 5.74) is -0.167. The number of carbonyl (C=O) groups is 2. The lowest BCUT2D eigenvalue weighted by atomic mass is 10.1. The second-order valence-corrected chi connectivity index (χ2v) is 8.05. The van der Waals surface area contributed by atoms with Crippen LogP contribution in [-0.2, 0) is 14.3 Å². The topological polar surface area (TPSA) is 55.4 Å². The molecule has 1 fully saturated rings. The van der Waals surface area contributed by atoms with Crippen molar-refractivity contribution < 1.29 is 14.3 Å². The molecule has 0 bridgehead atoms. The molecular formula is C15H15Cl4NO3. The number of amides is 1. The van der Waals surface area contributed by atoms with Crippen LogP contribution in [0.3, 0.4) is 0 Å². The summed E-state index contributed by atoms with van der Waals surface area (Å²) in [6, 6.07) is 4.76. The lowest BCUT2D eigenvalue weighted by Gasteiger charge is -2.16. The third kappa shape index (κ3) is 4.05. The molecule has 1 aromatic rings. The number of ether oxygens (including phenoxy) is 1. The van der Waals surface area contributed by atoms with Crippen molar-refractivity contribution in [3.8, 4) is 0 Å². The average Bonchev–Trinajstić information content (AvgIpc) is 2.99. The van der Waals surface area contributed by atoms with Gasteiger partial charge in [0, 0.05) is 6.42 Å². The Morgan fingerprint density at radius 1 is 1.30 bits per heavy atom. The minimum atomic E-state index is -1.12. The first-order chi connectivity index (χ1) is 10.6. The van der Waals surface area contributed by atoms with Crippen LogP contribution < -0.4 is 5.32 Å². The molecular weight excluding hydrogens is 384 g/mol. The van der Waals surface area contributed by atoms with Gasteiger partial charge in [-0.25, -0.2) is 0 Å². The van der Waals surface area contributed by atoms with Gasteiger partial charge in [-0.2, -0.15) is 0 Å². The number of nitrogens with one attached hydrogen (secondary N) is 1. The molecule has 2 rings (SSSR count). The van der Waals surface area contributed by atoms with Crippen molar-refractivity contribution in [2.45, 2.75) is 30.6 Å². The van der Waals surface area contributed by atoms with Gasteiger partial charge in [-0.1, -0.05) is 29.3 Å². The van der Waals surface area contributed by atoms with E-state index in [9.17, 15) is 9.59 Å². The van der Waals surface area contributed by atoms with Crippen molar-refractivity contribution in [2.24, 2.45) is 5.41 Å². The SMILES string of the molecule is C[C@H](NC(=O)COC(=O)[C@@]1(C)CC1(Cl)Cl)c1ccc(Cl)c(Cl)c1. The normalized spacial score (nSPS) is 23.0. The Hall–Kier alpha value is -0.680. The third-order valence-electron chi connectivity index (χ3n) is 3.86. The van der Waals surface area contributed by atoms with Crippen LogP contribution in [0.25, 0.3) is 0 Å². The standard InChI is InChI=1S/C15H15Cl4NO3/c1-8(9-3-4-10(16)11(17)5-9)20-12(21)6-23-13(22)14(2)7-15(14,18)19/h3-5,8H,6-7H2,1-2H3,(H,20,21)/t8-,14+/m0/s1. The van der Waals surface area contributed by atoms with Crippen molar-refractivity contribution in [3.05, 3.63) is 33.8 Å². The van der Waals surface area contributed by atoms with Crippen LogP contribution in [-0.4, -0.2) is 22.8 Å². The van der Waals surface area contributed by atoms with E-state index in [-0.39, 0.29) is 6.04 Å². The molecule has 1 N–H and O–H groups in total. The van der Waals surface area contributed by atoms with E-state index in [2.05, 4.69) is 5.32 Å². The molecule has 0 aliphatic heterocycles. The number of hydrogen-bond acceptors (Lipinski definition) is 3. The minimum absolute atomic E-state index is 0.309. The van der Waals surface area contributed by atoms with Crippen LogP contribution in [0.4, 0.5) is 0 Å². The van der Waals surface area contributed by atoms with Gasteiger partial charge in [-0.15, -0.1) is 23.2 Å². The molecule has 4 nitrogen and oxygen atoms in total. The van der Waals surface area contributed by atoms with Crippen molar-refractivity contribution in [1.29, 1.82) is 0 Å². The van der Waals surface area contributed by atoms with Crippen LogP contribution in [0.1, 0.15) is 31.9 Å². The van der Waals surface area contributed by atoms with E-state index >= 15 is 0 Å². The Kier molecular flexibility index (Phi) is 5.41. The van der Waals surface area contributed by atoms with Gasteiger partial charge in [0.25, 0.3) is 5.91 Å². The number of esters is 1. The van der Waals surface area contributed by atoms with Gasteiger partial charge < -0.3 is 10.1 Å². The molecule has 0 heterocycles. The Labute approximate surface area is 154 Å². The zero-order chi connectivity index (χ0) is 17.4. The summed E-state index contributed by atoms with van der Waals surface area (Å²) in [6.07, 6.45) is 0.309. The fraction of sp³-hybridized carbons (Fsp3) is 0.467. The minimum Gasteiger partial charge on any atom is -0.455 e. The highest BCUT2D eigenvalue weighted by atomic mass is 35.5. The fourth-order valence-electron chi connectivity index (χ4n) is 2.06. The van der Waals surface area contributed by atoms with E-state index < -0.39 is 28.2 Å². The van der Waals surface area contributed by atoms with Crippen molar-refractivity contribution in [2.75, 3.05) is 6.61 Å². The summed E-state index contributed by atoms with van der Waals surface area (Å²) in [5.74, 6) is -1.02. The predicted octanol–water partition coefficient (Wildman–Crippen LogP) is 4.30. The Morgan fingerprint density at radius 3 is 2.43 bits per heavy atom. The van der Waals surface area contributed by atoms with Crippen LogP contribution in [0.2, 0.25) is 10.0 Å². The molecule has 1 aliphatic carbocycles. The van der Waals surface area contributed by atoms with E-state index in [0.717, 1.165) is 5.56 Å². The molecule has 1 aliphatic rings. The van der Waals surface area contributed by atoms with E-state index in [4.69, 9.17) is 51.1 Å². The van der Waals surface area contributed by atoms with Crippen LogP contribution in [0.5, 0.6) is 0 Å². The number of halogens is 4. The van der Waals surface area contributed by atoms with Crippen LogP contribution >= 0.6 is 46.4 Å². The zero-order valence-electron chi connectivity index (χ0n) is 12.5. The third-order valence-corrected chi connectivity index (χ3v) is 5.70. The molecule has 126 valence electrons. The summed E-state index contributed by atoms with van der Waals surface area (Å²) in [5, 5.41) is 3.54. The van der Waals surface area contributed by atoms with E-state index in [0.29, 0.717) is 16.5 Å². The number of alkyl halides is 2. The quantitative estimate of drug-likeness (QED) is 0.594. The van der Waals surface area contributed by atoms with Gasteiger partial charge in [-0.3, -0.25) is 9.59 Å². The first kappa shape index (κ1) is 18.7. The van der Waals surface area contributed by atoms with Crippen LogP contribution in [0.15, 0.2) is 18.2 Å². The van der Waals surface area contributed by atoms with Gasteiger partial charge in [0.2, 0.25) is 0 Å². The summed E-state index contributed by atoms with van der Waals surface area (Å²) in [7, 11) is 0. The van der Waals surface area contributed by atoms with E-state index in [1.165, 1.54) is 0 Å². The summed E-state index contributed by atoms with van der Waals surface area (Å²) >= 11 is 23.6. The largest absolute Gasteiger partial charge is 0.455 e. The highest BCUT2D eigenvalue weighted by molar-refractivity contribution is 6.53. The van der Waals surface area contributed by atoms with Crippen molar-refractivity contribution >= 4 is 58.3 Å². The molecule has 2 atom stereocenters. The molecule has 0 spiro atoms. The molecule has 0 aromatic heterocycles. The van der Waals surface area contributed by atoms with Gasteiger partial charge in [0.15, 0.2) is 6.61 Å². The number of hydrogen-bond donors (Lipinski definition) is 1. The summed E-state index contributed by atoms with van der Waals surface area (Å²) < 4.78 is 3.86. The molecule has 1 amide bonds. The fourth-order valence-corrected chi connectivity index (χ4v) is 3.06. The Bertz CT molecular complexity index is 650. The van der Waals surface area contributed by atoms with Gasteiger partial charge >= 0.3 is 5.97 Å². The monoisotopic (exact) mass is 397 g/mol. The van der Waals surface area contributed by atoms with Gasteiger partial charge in [-0.05, 0) is 31.5 Å². The van der Waals surface area contributed by atoms with Crippen molar-refractivity contribution in [1.82, 2.24) is 5.32 Å². The molecule has 1 saturated carbocycles. The highest BCUT2D eigenvalue weighted by Crippen LogP contribution is 2.64. The molecule has 0 unspecified atom stereocenters. The summed E-state index contributed by atoms with van der Waals surface area (Å²) in [4.78, 5) is 23.8. The number of carbonyl (C=O) groups excluding carboxylic acids is 2. The molecule has 0 radical (unpaired) electrons. The van der Waals surface area contributed by atoms with E-state index in [1.54, 1.807) is 32.0 Å². The predicted molar refractivity (Wildman–Crippen MR) is 91.1 cm³/mol. The first-order valence-corrected chi connectivity index (χ1v) is 8.37. The maximum Gasteiger partial charge on any atom is 0.315 e. The van der Waals surface area contributed by atoms with Crippen LogP contribution in [0, 0.1) is 5.41 Å². The Balaban J connectivity index is 1.85. The zero-order valence-corrected chi connectivity index (χ0v) is 15.5. The lowest BCUT2D eigenvalue weighted by Crippen LogP contribution is -2.33. The second kappa shape index (κ2) is 6.67. The lowest BCUT2D eigenvalue weighted by molar-refractivity contribution is -0.153. The molecule has 0 saturated heterocycles. The first-order valence-electron chi connectivity index (χ1n) is 6.86. The van der Waals surface area contributed by atoms with Gasteiger partial charge in [0.1, 0.15) is 9.75 Å². The van der Waals surface area contributed by atoms with Crippen molar-refractivity contribution in [3.63, 3.8) is 0 Å². The number of benzene rings is 1. The highest BCUT2D eigenvalue weighted by Gasteiger charge is 2.69. The molecule has 23 heavy (non-hydrogen) atoms. The van der Waals surface area contributed by atoms with E-state index in [1.807, 2.05) is 0 Å². The Morgan fingerprint density at radius 2 is 1.91 bits per heavy atom.